The lowest BCUT2D eigenvalue weighted by Gasteiger charge is -2.19. The van der Waals surface area contributed by atoms with Crippen LogP contribution in [0.5, 0.6) is 0 Å². The van der Waals surface area contributed by atoms with E-state index in [4.69, 9.17) is 4.74 Å². The summed E-state index contributed by atoms with van der Waals surface area (Å²) in [5, 5.41) is 5.61. The molecule has 2 aromatic carbocycles. The van der Waals surface area contributed by atoms with Crippen LogP contribution >= 0.6 is 11.3 Å². The molecule has 0 fully saturated rings. The van der Waals surface area contributed by atoms with Gasteiger partial charge in [0.2, 0.25) is 5.91 Å². The van der Waals surface area contributed by atoms with Crippen LogP contribution in [0.2, 0.25) is 0 Å². The van der Waals surface area contributed by atoms with Gasteiger partial charge in [0.1, 0.15) is 5.00 Å². The van der Waals surface area contributed by atoms with Crippen LogP contribution in [0.1, 0.15) is 66.5 Å². The summed E-state index contributed by atoms with van der Waals surface area (Å²) in [6.07, 6.45) is -1.17. The summed E-state index contributed by atoms with van der Waals surface area (Å²) in [6.45, 7) is 6.31. The van der Waals surface area contributed by atoms with E-state index in [1.165, 1.54) is 43.4 Å². The lowest BCUT2D eigenvalue weighted by atomic mass is 9.84. The molecule has 2 amide bonds. The number of carbonyl (C=O) groups excluding carboxylic acids is 5. The largest absolute Gasteiger partial charge is 0.449 e. The molecule has 1 aromatic heterocycles. The molecule has 0 saturated carbocycles. The highest BCUT2D eigenvalue weighted by Crippen LogP contribution is 2.33. The van der Waals surface area contributed by atoms with Crippen LogP contribution in [0.3, 0.4) is 0 Å². The number of benzene rings is 2. The molecule has 3 aromatic rings. The number of carbonyl (C=O) groups is 5. The molecule has 9 heteroatoms. The molecule has 0 radical (unpaired) electrons. The Hall–Kier alpha value is -4.11. The van der Waals surface area contributed by atoms with E-state index in [0.29, 0.717) is 27.4 Å². The first-order valence-electron chi connectivity index (χ1n) is 10.8. The monoisotopic (exact) mass is 490 g/mol. The number of rotatable bonds is 5. The number of hydrogen-bond acceptors (Lipinski definition) is 7. The van der Waals surface area contributed by atoms with Gasteiger partial charge in [-0.15, -0.1) is 11.3 Å². The number of amides is 2. The minimum atomic E-state index is -1.17. The first-order valence-corrected chi connectivity index (χ1v) is 11.6. The molecule has 8 nitrogen and oxygen atoms in total. The molecule has 0 spiro atoms. The van der Waals surface area contributed by atoms with Crippen LogP contribution in [0.4, 0.5) is 10.7 Å². The maximum absolute atomic E-state index is 12.9. The first-order chi connectivity index (χ1) is 16.6. The van der Waals surface area contributed by atoms with Crippen molar-refractivity contribution in [3.05, 3.63) is 80.7 Å². The molecular formula is C26H22N2O6S. The summed E-state index contributed by atoms with van der Waals surface area (Å²) in [5.74, 6) is -2.24. The summed E-state index contributed by atoms with van der Waals surface area (Å²) in [6, 6.07) is 11.0. The van der Waals surface area contributed by atoms with E-state index in [9.17, 15) is 24.0 Å². The van der Waals surface area contributed by atoms with Gasteiger partial charge in [0.15, 0.2) is 17.7 Å². The number of anilines is 2. The SMILES string of the molecule is CC(=O)Nc1sc(C)c(C)c1C(=O)O[C@H](C)C(=O)Nc1ccc2c(c1)C(=O)c1ccccc1C2=O. The maximum atomic E-state index is 12.9. The predicted octanol–water partition coefficient (Wildman–Crippen LogP) is 4.28. The molecule has 178 valence electrons. The third-order valence-corrected chi connectivity index (χ3v) is 6.85. The average molecular weight is 491 g/mol. The van der Waals surface area contributed by atoms with Gasteiger partial charge < -0.3 is 15.4 Å². The van der Waals surface area contributed by atoms with E-state index in [1.807, 2.05) is 6.92 Å². The van der Waals surface area contributed by atoms with Gasteiger partial charge in [0, 0.05) is 39.7 Å². The van der Waals surface area contributed by atoms with Gasteiger partial charge in [-0.25, -0.2) is 4.79 Å². The Morgan fingerprint density at radius 1 is 0.886 bits per heavy atom. The highest BCUT2D eigenvalue weighted by molar-refractivity contribution is 7.16. The second-order valence-electron chi connectivity index (χ2n) is 8.17. The standard InChI is InChI=1S/C26H22N2O6S/c1-12-14(3)35-25(27-15(4)29)21(12)26(33)34-13(2)24(32)28-16-9-10-19-20(11-16)23(31)18-8-6-5-7-17(18)22(19)30/h5-11,13H,1-4H3,(H,27,29)(H,28,32)/t13-/m1/s1. The highest BCUT2D eigenvalue weighted by atomic mass is 32.1. The summed E-state index contributed by atoms with van der Waals surface area (Å²) in [5.41, 5.74) is 2.28. The van der Waals surface area contributed by atoms with Crippen LogP contribution < -0.4 is 10.6 Å². The summed E-state index contributed by atoms with van der Waals surface area (Å²) in [4.78, 5) is 63.5. The molecule has 0 aliphatic heterocycles. The predicted molar refractivity (Wildman–Crippen MR) is 131 cm³/mol. The second-order valence-corrected chi connectivity index (χ2v) is 9.39. The summed E-state index contributed by atoms with van der Waals surface area (Å²) in [7, 11) is 0. The average Bonchev–Trinajstić information content (AvgIpc) is 3.09. The zero-order valence-electron chi connectivity index (χ0n) is 19.5. The van der Waals surface area contributed by atoms with Crippen molar-refractivity contribution < 1.29 is 28.7 Å². The van der Waals surface area contributed by atoms with Gasteiger partial charge in [-0.1, -0.05) is 24.3 Å². The molecule has 1 heterocycles. The van der Waals surface area contributed by atoms with E-state index < -0.39 is 18.0 Å². The van der Waals surface area contributed by atoms with Crippen molar-refractivity contribution in [2.45, 2.75) is 33.8 Å². The number of aryl methyl sites for hydroxylation is 1. The fourth-order valence-corrected chi connectivity index (χ4v) is 4.91. The van der Waals surface area contributed by atoms with Gasteiger partial charge in [0.05, 0.1) is 5.56 Å². The fourth-order valence-electron chi connectivity index (χ4n) is 3.81. The van der Waals surface area contributed by atoms with Crippen LogP contribution in [-0.4, -0.2) is 35.5 Å². The summed E-state index contributed by atoms with van der Waals surface area (Å²) < 4.78 is 5.37. The highest BCUT2D eigenvalue weighted by Gasteiger charge is 2.30. The van der Waals surface area contributed by atoms with Gasteiger partial charge in [-0.2, -0.15) is 0 Å². The topological polar surface area (TPSA) is 119 Å². The lowest BCUT2D eigenvalue weighted by Crippen LogP contribution is -2.30. The quantitative estimate of drug-likeness (QED) is 0.403. The van der Waals surface area contributed by atoms with E-state index in [-0.39, 0.29) is 34.2 Å². The molecule has 0 saturated heterocycles. The van der Waals surface area contributed by atoms with E-state index in [1.54, 1.807) is 31.2 Å². The van der Waals surface area contributed by atoms with Gasteiger partial charge >= 0.3 is 5.97 Å². The van der Waals surface area contributed by atoms with E-state index in [2.05, 4.69) is 10.6 Å². The third kappa shape index (κ3) is 4.50. The third-order valence-electron chi connectivity index (χ3n) is 5.72. The Balaban J connectivity index is 1.50. The molecule has 0 bridgehead atoms. The Bertz CT molecular complexity index is 1420. The van der Waals surface area contributed by atoms with Crippen molar-refractivity contribution in [3.63, 3.8) is 0 Å². The van der Waals surface area contributed by atoms with Gasteiger partial charge in [-0.05, 0) is 44.5 Å². The molecule has 4 rings (SSSR count). The smallest absolute Gasteiger partial charge is 0.342 e. The fraction of sp³-hybridized carbons (Fsp3) is 0.192. The zero-order chi connectivity index (χ0) is 25.4. The van der Waals surface area contributed by atoms with Crippen LogP contribution in [0.25, 0.3) is 0 Å². The number of nitrogens with one attached hydrogen (secondary N) is 2. The molecule has 1 aliphatic rings. The van der Waals surface area contributed by atoms with Crippen LogP contribution in [0.15, 0.2) is 42.5 Å². The number of esters is 1. The number of hydrogen-bond donors (Lipinski definition) is 2. The number of ether oxygens (including phenoxy) is 1. The molecule has 1 aliphatic carbocycles. The van der Waals surface area contributed by atoms with Gasteiger partial charge in [-0.3, -0.25) is 19.2 Å². The van der Waals surface area contributed by atoms with Gasteiger partial charge in [0.25, 0.3) is 5.91 Å². The Kier molecular flexibility index (Phi) is 6.36. The maximum Gasteiger partial charge on any atom is 0.342 e. The minimum Gasteiger partial charge on any atom is -0.449 e. The van der Waals surface area contributed by atoms with Crippen molar-refractivity contribution in [1.29, 1.82) is 0 Å². The minimum absolute atomic E-state index is 0.195. The molecule has 0 unspecified atom stereocenters. The van der Waals surface area contributed by atoms with Crippen LogP contribution in [0, 0.1) is 13.8 Å². The Morgan fingerprint density at radius 3 is 2.11 bits per heavy atom. The lowest BCUT2D eigenvalue weighted by molar-refractivity contribution is -0.123. The van der Waals surface area contributed by atoms with E-state index >= 15 is 0 Å². The van der Waals surface area contributed by atoms with Crippen LogP contribution in [-0.2, 0) is 14.3 Å². The Morgan fingerprint density at radius 2 is 1.49 bits per heavy atom. The van der Waals surface area contributed by atoms with Crippen molar-refractivity contribution in [3.8, 4) is 0 Å². The zero-order valence-corrected chi connectivity index (χ0v) is 20.3. The van der Waals surface area contributed by atoms with Crippen molar-refractivity contribution >= 4 is 51.4 Å². The van der Waals surface area contributed by atoms with Crippen molar-refractivity contribution in [2.24, 2.45) is 0 Å². The number of fused-ring (bicyclic) bond motifs is 2. The molecular weight excluding hydrogens is 468 g/mol. The number of thiophene rings is 1. The molecule has 35 heavy (non-hydrogen) atoms. The van der Waals surface area contributed by atoms with E-state index in [0.717, 1.165) is 4.88 Å². The molecule has 2 N–H and O–H groups in total. The normalized spacial score (nSPS) is 12.9. The van der Waals surface area contributed by atoms with Crippen molar-refractivity contribution in [1.82, 2.24) is 0 Å². The number of ketones is 2. The first kappa shape index (κ1) is 24.0. The molecule has 1 atom stereocenters. The van der Waals surface area contributed by atoms with Crippen molar-refractivity contribution in [2.75, 3.05) is 10.6 Å². The Labute approximate surface area is 205 Å². The second kappa shape index (κ2) is 9.27. The summed E-state index contributed by atoms with van der Waals surface area (Å²) >= 11 is 1.25.